The second kappa shape index (κ2) is 8.95. The minimum atomic E-state index is 0.743. The van der Waals surface area contributed by atoms with Crippen molar-refractivity contribution in [2.24, 2.45) is 0 Å². The summed E-state index contributed by atoms with van der Waals surface area (Å²) in [7, 11) is 0. The first-order valence-electron chi connectivity index (χ1n) is 10.4. The van der Waals surface area contributed by atoms with Gasteiger partial charge in [-0.05, 0) is 68.5 Å². The van der Waals surface area contributed by atoms with Gasteiger partial charge >= 0.3 is 0 Å². The number of nitrogens with one attached hydrogen (secondary N) is 2. The van der Waals surface area contributed by atoms with E-state index in [2.05, 4.69) is 81.0 Å². The van der Waals surface area contributed by atoms with Crippen molar-refractivity contribution in [3.63, 3.8) is 0 Å². The van der Waals surface area contributed by atoms with E-state index in [9.17, 15) is 0 Å². The average Bonchev–Trinajstić information content (AvgIpc) is 2.74. The van der Waals surface area contributed by atoms with Crippen LogP contribution >= 0.6 is 0 Å². The fourth-order valence-electron chi connectivity index (χ4n) is 3.77. The zero-order valence-electron chi connectivity index (χ0n) is 17.3. The quantitative estimate of drug-likeness (QED) is 0.590. The molecule has 0 unspecified atom stereocenters. The highest BCUT2D eigenvalue weighted by atomic mass is 15.1. The Morgan fingerprint density at radius 2 is 1.59 bits per heavy atom. The maximum Gasteiger partial charge on any atom is 0.136 e. The van der Waals surface area contributed by atoms with Gasteiger partial charge in [0.25, 0.3) is 0 Å². The maximum atomic E-state index is 4.54. The van der Waals surface area contributed by atoms with Crippen molar-refractivity contribution >= 4 is 23.0 Å². The minimum Gasteiger partial charge on any atom is -0.372 e. The van der Waals surface area contributed by atoms with Gasteiger partial charge in [-0.15, -0.1) is 0 Å². The molecule has 29 heavy (non-hydrogen) atoms. The first-order chi connectivity index (χ1) is 14.2. The van der Waals surface area contributed by atoms with Crippen LogP contribution in [-0.4, -0.2) is 23.1 Å². The average molecular weight is 388 g/mol. The van der Waals surface area contributed by atoms with Crippen LogP contribution < -0.4 is 15.5 Å². The molecule has 5 heteroatoms. The number of anilines is 4. The van der Waals surface area contributed by atoms with Crippen molar-refractivity contribution in [2.45, 2.75) is 39.7 Å². The predicted molar refractivity (Wildman–Crippen MR) is 121 cm³/mol. The molecule has 5 nitrogen and oxygen atoms in total. The molecule has 1 aromatic heterocycles. The van der Waals surface area contributed by atoms with Crippen LogP contribution in [0.3, 0.4) is 0 Å². The molecule has 3 aromatic rings. The van der Waals surface area contributed by atoms with Crippen molar-refractivity contribution in [2.75, 3.05) is 28.6 Å². The van der Waals surface area contributed by atoms with Gasteiger partial charge in [-0.3, -0.25) is 0 Å². The molecule has 1 aliphatic rings. The molecular formula is C24H29N5. The Hall–Kier alpha value is -3.08. The number of hydrogen-bond donors (Lipinski definition) is 2. The molecular weight excluding hydrogens is 358 g/mol. The number of aromatic nitrogens is 2. The lowest BCUT2D eigenvalue weighted by molar-refractivity contribution is 0.578. The first-order valence-corrected chi connectivity index (χ1v) is 10.4. The standard InChI is InChI=1S/C24H29N5/c1-18-8-4-5-9-20(18)17-25-23-16-24(27-19(2)26-23)28-21-10-12-22(13-11-21)29-14-6-3-7-15-29/h4-5,8-13,16H,3,6-7,14-15,17H2,1-2H3,(H2,25,26,27,28). The number of piperidine rings is 1. The topological polar surface area (TPSA) is 53.1 Å². The van der Waals surface area contributed by atoms with Crippen LogP contribution in [0.1, 0.15) is 36.2 Å². The van der Waals surface area contributed by atoms with E-state index < -0.39 is 0 Å². The highest BCUT2D eigenvalue weighted by Gasteiger charge is 2.11. The van der Waals surface area contributed by atoms with Gasteiger partial charge in [0.05, 0.1) is 0 Å². The van der Waals surface area contributed by atoms with Gasteiger partial charge in [0.1, 0.15) is 17.5 Å². The normalized spacial score (nSPS) is 13.9. The summed E-state index contributed by atoms with van der Waals surface area (Å²) >= 11 is 0. The van der Waals surface area contributed by atoms with Crippen LogP contribution in [0.25, 0.3) is 0 Å². The molecule has 0 radical (unpaired) electrons. The third-order valence-electron chi connectivity index (χ3n) is 5.42. The zero-order chi connectivity index (χ0) is 20.1. The van der Waals surface area contributed by atoms with E-state index in [1.807, 2.05) is 13.0 Å². The van der Waals surface area contributed by atoms with Gasteiger partial charge in [-0.2, -0.15) is 0 Å². The Morgan fingerprint density at radius 3 is 2.34 bits per heavy atom. The Labute approximate surface area is 173 Å². The molecule has 0 atom stereocenters. The summed E-state index contributed by atoms with van der Waals surface area (Å²) in [4.78, 5) is 11.5. The van der Waals surface area contributed by atoms with Crippen LogP contribution in [0, 0.1) is 13.8 Å². The Balaban J connectivity index is 1.42. The van der Waals surface area contributed by atoms with Crippen molar-refractivity contribution in [3.8, 4) is 0 Å². The van der Waals surface area contributed by atoms with Crippen molar-refractivity contribution in [1.29, 1.82) is 0 Å². The van der Waals surface area contributed by atoms with Gasteiger partial charge < -0.3 is 15.5 Å². The van der Waals surface area contributed by atoms with Gasteiger partial charge in [-0.25, -0.2) is 9.97 Å². The molecule has 1 fully saturated rings. The van der Waals surface area contributed by atoms with E-state index >= 15 is 0 Å². The molecule has 0 amide bonds. The van der Waals surface area contributed by atoms with Crippen LogP contribution in [-0.2, 0) is 6.54 Å². The number of aryl methyl sites for hydroxylation is 2. The van der Waals surface area contributed by atoms with Crippen molar-refractivity contribution < 1.29 is 0 Å². The van der Waals surface area contributed by atoms with E-state index in [1.165, 1.54) is 36.1 Å². The monoisotopic (exact) mass is 387 g/mol. The Morgan fingerprint density at radius 1 is 0.862 bits per heavy atom. The second-order valence-corrected chi connectivity index (χ2v) is 7.69. The van der Waals surface area contributed by atoms with E-state index in [-0.39, 0.29) is 0 Å². The summed E-state index contributed by atoms with van der Waals surface area (Å²) in [6, 6.07) is 19.0. The number of benzene rings is 2. The van der Waals surface area contributed by atoms with Gasteiger partial charge in [-0.1, -0.05) is 24.3 Å². The minimum absolute atomic E-state index is 0.743. The van der Waals surface area contributed by atoms with Crippen molar-refractivity contribution in [1.82, 2.24) is 9.97 Å². The lowest BCUT2D eigenvalue weighted by atomic mass is 10.1. The summed E-state index contributed by atoms with van der Waals surface area (Å²) in [6.07, 6.45) is 3.93. The smallest absolute Gasteiger partial charge is 0.136 e. The third kappa shape index (κ3) is 5.05. The van der Waals surface area contributed by atoms with Crippen LogP contribution in [0.2, 0.25) is 0 Å². The van der Waals surface area contributed by atoms with E-state index in [4.69, 9.17) is 0 Å². The van der Waals surface area contributed by atoms with Crippen LogP contribution in [0.4, 0.5) is 23.0 Å². The highest BCUT2D eigenvalue weighted by molar-refractivity contribution is 5.62. The summed E-state index contributed by atoms with van der Waals surface area (Å²) in [5.41, 5.74) is 4.88. The summed E-state index contributed by atoms with van der Waals surface area (Å²) in [5, 5.41) is 6.84. The Kier molecular flexibility index (Phi) is 5.94. The maximum absolute atomic E-state index is 4.54. The largest absolute Gasteiger partial charge is 0.372 e. The lowest BCUT2D eigenvalue weighted by Gasteiger charge is -2.28. The fourth-order valence-corrected chi connectivity index (χ4v) is 3.77. The molecule has 150 valence electrons. The van der Waals surface area contributed by atoms with E-state index in [0.717, 1.165) is 42.8 Å². The molecule has 2 N–H and O–H groups in total. The van der Waals surface area contributed by atoms with Crippen LogP contribution in [0.5, 0.6) is 0 Å². The summed E-state index contributed by atoms with van der Waals surface area (Å²) in [5.74, 6) is 2.37. The lowest BCUT2D eigenvalue weighted by Crippen LogP contribution is -2.29. The predicted octanol–water partition coefficient (Wildman–Crippen LogP) is 5.44. The Bertz CT molecular complexity index is 946. The molecule has 0 saturated carbocycles. The molecule has 0 bridgehead atoms. The first kappa shape index (κ1) is 19.2. The zero-order valence-corrected chi connectivity index (χ0v) is 17.3. The second-order valence-electron chi connectivity index (χ2n) is 7.69. The summed E-state index contributed by atoms with van der Waals surface area (Å²) in [6.45, 7) is 7.11. The van der Waals surface area contributed by atoms with Gasteiger partial charge in [0.2, 0.25) is 0 Å². The SMILES string of the molecule is Cc1nc(NCc2ccccc2C)cc(Nc2ccc(N3CCCCC3)cc2)n1. The molecule has 2 aromatic carbocycles. The van der Waals surface area contributed by atoms with Crippen LogP contribution in [0.15, 0.2) is 54.6 Å². The fraction of sp³-hybridized carbons (Fsp3) is 0.333. The van der Waals surface area contributed by atoms with Crippen molar-refractivity contribution in [3.05, 3.63) is 71.5 Å². The number of hydrogen-bond acceptors (Lipinski definition) is 5. The summed E-state index contributed by atoms with van der Waals surface area (Å²) < 4.78 is 0. The number of rotatable bonds is 6. The number of nitrogens with zero attached hydrogens (tertiary/aromatic N) is 3. The molecule has 1 aliphatic heterocycles. The molecule has 4 rings (SSSR count). The van der Waals surface area contributed by atoms with Gasteiger partial charge in [0.15, 0.2) is 0 Å². The molecule has 0 spiro atoms. The molecule has 1 saturated heterocycles. The van der Waals surface area contributed by atoms with E-state index in [1.54, 1.807) is 0 Å². The van der Waals surface area contributed by atoms with Gasteiger partial charge in [0, 0.05) is 37.1 Å². The van der Waals surface area contributed by atoms with E-state index in [0.29, 0.717) is 0 Å². The highest BCUT2D eigenvalue weighted by Crippen LogP contribution is 2.24. The molecule has 0 aliphatic carbocycles. The third-order valence-corrected chi connectivity index (χ3v) is 5.42. The molecule has 2 heterocycles.